The van der Waals surface area contributed by atoms with Gasteiger partial charge in [0.1, 0.15) is 10.7 Å². The summed E-state index contributed by atoms with van der Waals surface area (Å²) in [5, 5.41) is 8.99. The van der Waals surface area contributed by atoms with E-state index in [-0.39, 0.29) is 24.4 Å². The van der Waals surface area contributed by atoms with Crippen LogP contribution in [0.4, 0.5) is 0 Å². The van der Waals surface area contributed by atoms with Crippen molar-refractivity contribution in [1.82, 2.24) is 15.6 Å². The van der Waals surface area contributed by atoms with E-state index in [9.17, 15) is 4.79 Å². The van der Waals surface area contributed by atoms with Gasteiger partial charge >= 0.3 is 0 Å². The highest BCUT2D eigenvalue weighted by molar-refractivity contribution is 7.13. The second-order valence-corrected chi connectivity index (χ2v) is 5.87. The molecule has 2 aromatic rings. The normalized spacial score (nSPS) is 17.3. The Labute approximate surface area is 134 Å². The standard InChI is InChI=1S/C15H17N3OS.ClH/c1-10-4-2-3-5-12(10)15-18-13(9-20-15)14(19)17-11-6-7-16-8-11;/h2-5,9,11,16H,6-8H2,1H3,(H,17,19);1H. The smallest absolute Gasteiger partial charge is 0.271 e. The van der Waals surface area contributed by atoms with E-state index < -0.39 is 0 Å². The number of thiazole rings is 1. The van der Waals surface area contributed by atoms with Crippen LogP contribution in [-0.2, 0) is 0 Å². The Morgan fingerprint density at radius 2 is 2.24 bits per heavy atom. The molecule has 112 valence electrons. The number of halogens is 1. The molecule has 0 saturated carbocycles. The molecule has 21 heavy (non-hydrogen) atoms. The van der Waals surface area contributed by atoms with Gasteiger partial charge in [-0.25, -0.2) is 4.98 Å². The number of aromatic nitrogens is 1. The van der Waals surface area contributed by atoms with Crippen molar-refractivity contribution < 1.29 is 4.79 Å². The van der Waals surface area contributed by atoms with Crippen LogP contribution in [0.5, 0.6) is 0 Å². The van der Waals surface area contributed by atoms with Crippen LogP contribution in [-0.4, -0.2) is 30.0 Å². The lowest BCUT2D eigenvalue weighted by Gasteiger charge is -2.09. The van der Waals surface area contributed by atoms with Crippen molar-refractivity contribution in [3.05, 3.63) is 40.9 Å². The number of carbonyl (C=O) groups is 1. The Bertz CT molecular complexity index is 623. The van der Waals surface area contributed by atoms with Crippen LogP contribution in [0.15, 0.2) is 29.6 Å². The lowest BCUT2D eigenvalue weighted by molar-refractivity contribution is 0.0936. The van der Waals surface area contributed by atoms with Crippen LogP contribution in [0.3, 0.4) is 0 Å². The van der Waals surface area contributed by atoms with E-state index in [1.165, 1.54) is 16.9 Å². The number of rotatable bonds is 3. The highest BCUT2D eigenvalue weighted by Gasteiger charge is 2.19. The topological polar surface area (TPSA) is 54.0 Å². The first-order valence-electron chi connectivity index (χ1n) is 6.77. The summed E-state index contributed by atoms with van der Waals surface area (Å²) in [5.74, 6) is -0.0743. The first-order valence-corrected chi connectivity index (χ1v) is 7.65. The second-order valence-electron chi connectivity index (χ2n) is 5.02. The highest BCUT2D eigenvalue weighted by Crippen LogP contribution is 2.26. The Balaban J connectivity index is 0.00000161. The Kier molecular flexibility index (Phi) is 5.33. The summed E-state index contributed by atoms with van der Waals surface area (Å²) >= 11 is 1.52. The third-order valence-corrected chi connectivity index (χ3v) is 4.38. The minimum atomic E-state index is -0.0743. The van der Waals surface area contributed by atoms with Gasteiger partial charge in [0.05, 0.1) is 0 Å². The fourth-order valence-corrected chi connectivity index (χ4v) is 3.24. The second kappa shape index (κ2) is 7.02. The number of amides is 1. The van der Waals surface area contributed by atoms with Crippen molar-refractivity contribution in [3.8, 4) is 10.6 Å². The van der Waals surface area contributed by atoms with Crippen LogP contribution in [0.25, 0.3) is 10.6 Å². The highest BCUT2D eigenvalue weighted by atomic mass is 35.5. The first kappa shape index (κ1) is 15.9. The van der Waals surface area contributed by atoms with E-state index in [1.54, 1.807) is 0 Å². The minimum Gasteiger partial charge on any atom is -0.347 e. The summed E-state index contributed by atoms with van der Waals surface area (Å²) in [6.45, 7) is 3.87. The van der Waals surface area contributed by atoms with E-state index in [0.29, 0.717) is 5.69 Å². The molecular weight excluding hydrogens is 306 g/mol. The monoisotopic (exact) mass is 323 g/mol. The number of hydrogen-bond acceptors (Lipinski definition) is 4. The van der Waals surface area contributed by atoms with Gasteiger partial charge in [-0.1, -0.05) is 24.3 Å². The fourth-order valence-electron chi connectivity index (χ4n) is 2.35. The molecule has 6 heteroatoms. The molecule has 1 amide bonds. The molecule has 0 bridgehead atoms. The van der Waals surface area contributed by atoms with Gasteiger partial charge in [0.25, 0.3) is 5.91 Å². The summed E-state index contributed by atoms with van der Waals surface area (Å²) in [6, 6.07) is 8.32. The van der Waals surface area contributed by atoms with Gasteiger partial charge in [-0.2, -0.15) is 0 Å². The molecular formula is C15H18ClN3OS. The van der Waals surface area contributed by atoms with E-state index in [0.717, 1.165) is 30.1 Å². The maximum Gasteiger partial charge on any atom is 0.271 e. The molecule has 4 nitrogen and oxygen atoms in total. The molecule has 0 spiro atoms. The Morgan fingerprint density at radius 1 is 1.43 bits per heavy atom. The molecule has 1 unspecified atom stereocenters. The average Bonchev–Trinajstić information content (AvgIpc) is 3.10. The van der Waals surface area contributed by atoms with E-state index in [4.69, 9.17) is 0 Å². The van der Waals surface area contributed by atoms with Crippen molar-refractivity contribution in [2.75, 3.05) is 13.1 Å². The van der Waals surface area contributed by atoms with Gasteiger partial charge < -0.3 is 10.6 Å². The summed E-state index contributed by atoms with van der Waals surface area (Å²) in [6.07, 6.45) is 0.987. The molecule has 0 aliphatic carbocycles. The zero-order valence-corrected chi connectivity index (χ0v) is 13.4. The maximum atomic E-state index is 12.1. The zero-order chi connectivity index (χ0) is 13.9. The molecule has 1 saturated heterocycles. The first-order chi connectivity index (χ1) is 9.74. The van der Waals surface area contributed by atoms with Crippen LogP contribution >= 0.6 is 23.7 Å². The van der Waals surface area contributed by atoms with Crippen LogP contribution in [0.1, 0.15) is 22.5 Å². The summed E-state index contributed by atoms with van der Waals surface area (Å²) in [5.41, 5.74) is 2.79. The van der Waals surface area contributed by atoms with Gasteiger partial charge in [0.2, 0.25) is 0 Å². The minimum absolute atomic E-state index is 0. The number of nitrogens with one attached hydrogen (secondary N) is 2. The largest absolute Gasteiger partial charge is 0.347 e. The number of aryl methyl sites for hydroxylation is 1. The van der Waals surface area contributed by atoms with Crippen molar-refractivity contribution >= 4 is 29.7 Å². The summed E-state index contributed by atoms with van der Waals surface area (Å²) in [4.78, 5) is 16.6. The zero-order valence-electron chi connectivity index (χ0n) is 11.8. The third-order valence-electron chi connectivity index (χ3n) is 3.51. The van der Waals surface area contributed by atoms with Crippen molar-refractivity contribution in [1.29, 1.82) is 0 Å². The van der Waals surface area contributed by atoms with Gasteiger partial charge in [-0.05, 0) is 25.5 Å². The molecule has 3 rings (SSSR count). The Morgan fingerprint density at radius 3 is 2.95 bits per heavy atom. The van der Waals surface area contributed by atoms with Gasteiger partial charge in [-0.3, -0.25) is 4.79 Å². The lowest BCUT2D eigenvalue weighted by Crippen LogP contribution is -2.36. The molecule has 1 aromatic carbocycles. The van der Waals surface area contributed by atoms with Gasteiger partial charge in [0, 0.05) is 23.5 Å². The van der Waals surface area contributed by atoms with Crippen LogP contribution < -0.4 is 10.6 Å². The number of carbonyl (C=O) groups excluding carboxylic acids is 1. The maximum absolute atomic E-state index is 12.1. The van der Waals surface area contributed by atoms with Crippen LogP contribution in [0.2, 0.25) is 0 Å². The van der Waals surface area contributed by atoms with Crippen molar-refractivity contribution in [2.45, 2.75) is 19.4 Å². The quantitative estimate of drug-likeness (QED) is 0.913. The predicted octanol–water partition coefficient (Wildman–Crippen LogP) is 2.63. The fraction of sp³-hybridized carbons (Fsp3) is 0.333. The molecule has 1 aliphatic rings. The number of hydrogen-bond donors (Lipinski definition) is 2. The summed E-state index contributed by atoms with van der Waals surface area (Å²) in [7, 11) is 0. The van der Waals surface area contributed by atoms with Crippen molar-refractivity contribution in [3.63, 3.8) is 0 Å². The van der Waals surface area contributed by atoms with Gasteiger partial charge in [0.15, 0.2) is 0 Å². The summed E-state index contributed by atoms with van der Waals surface area (Å²) < 4.78 is 0. The average molecular weight is 324 g/mol. The molecule has 1 aliphatic heterocycles. The molecule has 0 radical (unpaired) electrons. The third kappa shape index (κ3) is 3.61. The Hall–Kier alpha value is -1.43. The van der Waals surface area contributed by atoms with E-state index in [1.807, 2.05) is 23.6 Å². The molecule has 1 aromatic heterocycles. The van der Waals surface area contributed by atoms with Crippen molar-refractivity contribution in [2.24, 2.45) is 0 Å². The number of nitrogens with zero attached hydrogens (tertiary/aromatic N) is 1. The molecule has 2 N–H and O–H groups in total. The molecule has 2 heterocycles. The predicted molar refractivity (Wildman–Crippen MR) is 88.3 cm³/mol. The van der Waals surface area contributed by atoms with Gasteiger partial charge in [-0.15, -0.1) is 23.7 Å². The molecule has 1 atom stereocenters. The lowest BCUT2D eigenvalue weighted by atomic mass is 10.1. The van der Waals surface area contributed by atoms with E-state index in [2.05, 4.69) is 28.6 Å². The van der Waals surface area contributed by atoms with E-state index >= 15 is 0 Å². The molecule has 1 fully saturated rings. The number of benzene rings is 1. The SMILES string of the molecule is Cc1ccccc1-c1nc(C(=O)NC2CCNC2)cs1.Cl. The van der Waals surface area contributed by atoms with Crippen LogP contribution in [0, 0.1) is 6.92 Å².